The van der Waals surface area contributed by atoms with Gasteiger partial charge >= 0.3 is 5.97 Å². The van der Waals surface area contributed by atoms with Crippen molar-refractivity contribution >= 4 is 17.7 Å². The second kappa shape index (κ2) is 8.01. The highest BCUT2D eigenvalue weighted by Gasteiger charge is 2.05. The summed E-state index contributed by atoms with van der Waals surface area (Å²) in [5, 5.41) is 0. The molecule has 0 unspecified atom stereocenters. The largest absolute Gasteiger partial charge is 0.494 e. The smallest absolute Gasteiger partial charge is 0.338 e. The second-order valence-corrected chi connectivity index (χ2v) is 4.43. The minimum absolute atomic E-state index is 0.290. The third-order valence-electron chi connectivity index (χ3n) is 2.13. The topological polar surface area (TPSA) is 35.5 Å². The van der Waals surface area contributed by atoms with Crippen LogP contribution in [0.5, 0.6) is 5.75 Å². The predicted octanol–water partition coefficient (Wildman–Crippen LogP) is 3.00. The van der Waals surface area contributed by atoms with Crippen molar-refractivity contribution in [2.45, 2.75) is 13.3 Å². The van der Waals surface area contributed by atoms with Crippen LogP contribution < -0.4 is 4.74 Å². The number of benzene rings is 1. The van der Waals surface area contributed by atoms with E-state index in [2.05, 4.69) is 6.26 Å². The first kappa shape index (κ1) is 13.9. The number of hydrogen-bond acceptors (Lipinski definition) is 4. The molecule has 0 spiro atoms. The fraction of sp³-hybridized carbons (Fsp3) is 0.462. The van der Waals surface area contributed by atoms with Crippen molar-refractivity contribution in [3.63, 3.8) is 0 Å². The van der Waals surface area contributed by atoms with E-state index < -0.39 is 0 Å². The Kier molecular flexibility index (Phi) is 6.55. The Balaban J connectivity index is 2.42. The number of carbonyl (C=O) groups excluding carboxylic acids is 1. The van der Waals surface area contributed by atoms with Crippen molar-refractivity contribution < 1.29 is 14.3 Å². The molecule has 0 saturated heterocycles. The van der Waals surface area contributed by atoms with Gasteiger partial charge in [0.1, 0.15) is 5.75 Å². The summed E-state index contributed by atoms with van der Waals surface area (Å²) in [5.74, 6) is 1.60. The van der Waals surface area contributed by atoms with Crippen LogP contribution in [0.2, 0.25) is 0 Å². The molecule has 3 nitrogen and oxygen atoms in total. The van der Waals surface area contributed by atoms with E-state index in [-0.39, 0.29) is 5.97 Å². The molecule has 1 aromatic carbocycles. The molecule has 0 heterocycles. The lowest BCUT2D eigenvalue weighted by Crippen LogP contribution is -2.04. The molecule has 0 aliphatic heterocycles. The lowest BCUT2D eigenvalue weighted by molar-refractivity contribution is 0.0526. The quantitative estimate of drug-likeness (QED) is 0.553. The fourth-order valence-electron chi connectivity index (χ4n) is 1.29. The molecular weight excluding hydrogens is 236 g/mol. The summed E-state index contributed by atoms with van der Waals surface area (Å²) >= 11 is 1.81. The standard InChI is InChI=1S/C13H18O3S/c1-3-15-13(14)11-5-7-12(8-6-11)16-9-4-10-17-2/h5-8H,3-4,9-10H2,1-2H3. The van der Waals surface area contributed by atoms with E-state index in [4.69, 9.17) is 9.47 Å². The first-order valence-electron chi connectivity index (χ1n) is 5.67. The minimum atomic E-state index is -0.290. The van der Waals surface area contributed by atoms with Crippen molar-refractivity contribution in [3.05, 3.63) is 29.8 Å². The molecule has 0 aliphatic carbocycles. The summed E-state index contributed by atoms with van der Waals surface area (Å²) in [6.45, 7) is 2.90. The number of rotatable bonds is 7. The van der Waals surface area contributed by atoms with E-state index >= 15 is 0 Å². The van der Waals surface area contributed by atoms with Crippen LogP contribution in [-0.2, 0) is 4.74 Å². The monoisotopic (exact) mass is 254 g/mol. The maximum atomic E-state index is 11.4. The van der Waals surface area contributed by atoms with Crippen molar-refractivity contribution in [1.29, 1.82) is 0 Å². The van der Waals surface area contributed by atoms with Gasteiger partial charge in [0.2, 0.25) is 0 Å². The third kappa shape index (κ3) is 5.13. The molecule has 17 heavy (non-hydrogen) atoms. The summed E-state index contributed by atoms with van der Waals surface area (Å²) in [7, 11) is 0. The molecule has 1 rings (SSSR count). The summed E-state index contributed by atoms with van der Waals surface area (Å²) < 4.78 is 10.4. The normalized spacial score (nSPS) is 10.0. The zero-order chi connectivity index (χ0) is 12.5. The molecule has 0 N–H and O–H groups in total. The number of esters is 1. The van der Waals surface area contributed by atoms with Gasteiger partial charge in [-0.15, -0.1) is 0 Å². The molecule has 0 fully saturated rings. The highest BCUT2D eigenvalue weighted by Crippen LogP contribution is 2.13. The van der Waals surface area contributed by atoms with Crippen LogP contribution in [0.1, 0.15) is 23.7 Å². The van der Waals surface area contributed by atoms with Crippen molar-refractivity contribution in [2.24, 2.45) is 0 Å². The molecule has 0 atom stereocenters. The molecule has 1 aromatic rings. The van der Waals surface area contributed by atoms with Gasteiger partial charge in [0.05, 0.1) is 18.8 Å². The number of thioether (sulfide) groups is 1. The minimum Gasteiger partial charge on any atom is -0.494 e. The third-order valence-corrected chi connectivity index (χ3v) is 2.82. The molecule has 4 heteroatoms. The molecule has 0 aliphatic rings. The zero-order valence-corrected chi connectivity index (χ0v) is 11.1. The average molecular weight is 254 g/mol. The first-order chi connectivity index (χ1) is 8.27. The molecule has 94 valence electrons. The molecule has 0 saturated carbocycles. The maximum Gasteiger partial charge on any atom is 0.338 e. The average Bonchev–Trinajstić information content (AvgIpc) is 2.36. The van der Waals surface area contributed by atoms with Crippen LogP contribution in [0, 0.1) is 0 Å². The van der Waals surface area contributed by atoms with Crippen LogP contribution in [0.4, 0.5) is 0 Å². The van der Waals surface area contributed by atoms with Gasteiger partial charge in [-0.1, -0.05) is 0 Å². The summed E-state index contributed by atoms with van der Waals surface area (Å²) in [6.07, 6.45) is 3.11. The molecule has 0 aromatic heterocycles. The van der Waals surface area contributed by atoms with Gasteiger partial charge in [0.15, 0.2) is 0 Å². The van der Waals surface area contributed by atoms with Gasteiger partial charge in [0.25, 0.3) is 0 Å². The van der Waals surface area contributed by atoms with E-state index in [0.717, 1.165) is 17.9 Å². The van der Waals surface area contributed by atoms with Crippen LogP contribution in [0.15, 0.2) is 24.3 Å². The van der Waals surface area contributed by atoms with E-state index in [1.807, 2.05) is 11.8 Å². The summed E-state index contributed by atoms with van der Waals surface area (Å²) in [5.41, 5.74) is 0.559. The zero-order valence-electron chi connectivity index (χ0n) is 10.3. The Morgan fingerprint density at radius 3 is 2.59 bits per heavy atom. The lowest BCUT2D eigenvalue weighted by Gasteiger charge is -2.06. The van der Waals surface area contributed by atoms with Crippen molar-refractivity contribution in [2.75, 3.05) is 25.2 Å². The van der Waals surface area contributed by atoms with Gasteiger partial charge < -0.3 is 9.47 Å². The Hall–Kier alpha value is -1.16. The second-order valence-electron chi connectivity index (χ2n) is 3.44. The van der Waals surface area contributed by atoms with Crippen LogP contribution in [0.3, 0.4) is 0 Å². The van der Waals surface area contributed by atoms with E-state index in [1.165, 1.54) is 0 Å². The highest BCUT2D eigenvalue weighted by molar-refractivity contribution is 7.98. The van der Waals surface area contributed by atoms with Crippen LogP contribution >= 0.6 is 11.8 Å². The van der Waals surface area contributed by atoms with Gasteiger partial charge in [-0.3, -0.25) is 0 Å². The predicted molar refractivity (Wildman–Crippen MR) is 70.9 cm³/mol. The van der Waals surface area contributed by atoms with Crippen LogP contribution in [0.25, 0.3) is 0 Å². The fourth-order valence-corrected chi connectivity index (χ4v) is 1.70. The summed E-state index contributed by atoms with van der Waals surface area (Å²) in [4.78, 5) is 11.4. The Morgan fingerprint density at radius 1 is 1.29 bits per heavy atom. The number of hydrogen-bond donors (Lipinski definition) is 0. The SMILES string of the molecule is CCOC(=O)c1ccc(OCCCSC)cc1. The van der Waals surface area contributed by atoms with Crippen LogP contribution in [-0.4, -0.2) is 31.2 Å². The van der Waals surface area contributed by atoms with E-state index in [0.29, 0.717) is 18.8 Å². The summed E-state index contributed by atoms with van der Waals surface area (Å²) in [6, 6.07) is 7.04. The molecule has 0 amide bonds. The first-order valence-corrected chi connectivity index (χ1v) is 7.06. The highest BCUT2D eigenvalue weighted by atomic mass is 32.2. The molecule has 0 bridgehead atoms. The van der Waals surface area contributed by atoms with E-state index in [1.54, 1.807) is 31.2 Å². The van der Waals surface area contributed by atoms with Gasteiger partial charge in [0, 0.05) is 0 Å². The van der Waals surface area contributed by atoms with Gasteiger partial charge in [-0.05, 0) is 49.6 Å². The Morgan fingerprint density at radius 2 is 2.00 bits per heavy atom. The number of carbonyl (C=O) groups is 1. The van der Waals surface area contributed by atoms with Gasteiger partial charge in [-0.2, -0.15) is 11.8 Å². The van der Waals surface area contributed by atoms with Gasteiger partial charge in [-0.25, -0.2) is 4.79 Å². The Bertz CT molecular complexity index is 335. The Labute approximate surface area is 106 Å². The lowest BCUT2D eigenvalue weighted by atomic mass is 10.2. The number of ether oxygens (including phenoxy) is 2. The molecule has 0 radical (unpaired) electrons. The van der Waals surface area contributed by atoms with Crippen molar-refractivity contribution in [1.82, 2.24) is 0 Å². The van der Waals surface area contributed by atoms with Crippen molar-refractivity contribution in [3.8, 4) is 5.75 Å². The maximum absolute atomic E-state index is 11.4. The molecular formula is C13H18O3S. The van der Waals surface area contributed by atoms with E-state index in [9.17, 15) is 4.79 Å².